The van der Waals surface area contributed by atoms with E-state index in [1.165, 1.54) is 6.07 Å². The van der Waals surface area contributed by atoms with E-state index in [4.69, 9.17) is 4.43 Å². The largest absolute Gasteiger partial charge is 0.531 e. The number of rotatable bonds is 2. The molecule has 0 atom stereocenters. The predicted molar refractivity (Wildman–Crippen MR) is 64.9 cm³/mol. The van der Waals surface area contributed by atoms with Crippen molar-refractivity contribution in [3.8, 4) is 5.88 Å². The molecule has 0 N–H and O–H groups in total. The van der Waals surface area contributed by atoms with Crippen LogP contribution in [-0.4, -0.2) is 18.3 Å². The van der Waals surface area contributed by atoms with Crippen LogP contribution in [0.2, 0.25) is 18.1 Å². The van der Waals surface area contributed by atoms with E-state index in [2.05, 4.69) is 9.97 Å². The summed E-state index contributed by atoms with van der Waals surface area (Å²) in [5.74, 6) is -1.18. The third-order valence-electron chi connectivity index (χ3n) is 3.05. The van der Waals surface area contributed by atoms with Crippen molar-refractivity contribution in [2.45, 2.75) is 45.1 Å². The summed E-state index contributed by atoms with van der Waals surface area (Å²) >= 11 is 0. The van der Waals surface area contributed by atoms with Crippen LogP contribution in [0.15, 0.2) is 12.3 Å². The van der Waals surface area contributed by atoms with Crippen molar-refractivity contribution in [3.63, 3.8) is 0 Å². The second kappa shape index (κ2) is 4.53. The van der Waals surface area contributed by atoms with Crippen molar-refractivity contribution in [2.24, 2.45) is 0 Å². The molecular weight excluding hydrogens is 261 g/mol. The molecule has 0 aliphatic carbocycles. The van der Waals surface area contributed by atoms with Crippen LogP contribution in [0, 0.1) is 0 Å². The van der Waals surface area contributed by atoms with Crippen LogP contribution in [-0.2, 0) is 6.18 Å². The molecule has 0 saturated heterocycles. The molecule has 0 aromatic carbocycles. The third-order valence-corrected chi connectivity index (χ3v) is 7.38. The van der Waals surface area contributed by atoms with Crippen LogP contribution in [0.1, 0.15) is 26.6 Å². The Morgan fingerprint density at radius 2 is 1.72 bits per heavy atom. The first-order valence-corrected chi connectivity index (χ1v) is 8.43. The van der Waals surface area contributed by atoms with E-state index in [-0.39, 0.29) is 10.9 Å². The third kappa shape index (κ3) is 3.44. The Kier molecular flexibility index (Phi) is 3.76. The van der Waals surface area contributed by atoms with Crippen LogP contribution < -0.4 is 4.43 Å². The average Bonchev–Trinajstić information content (AvgIpc) is 2.14. The predicted octanol–water partition coefficient (Wildman–Crippen LogP) is 3.88. The fraction of sp³-hybridized carbons (Fsp3) is 0.636. The molecule has 0 aliphatic heterocycles. The fourth-order valence-corrected chi connectivity index (χ4v) is 1.89. The lowest BCUT2D eigenvalue weighted by Gasteiger charge is -2.35. The van der Waals surface area contributed by atoms with Crippen molar-refractivity contribution in [2.75, 3.05) is 0 Å². The Bertz CT molecular complexity index is 427. The molecule has 1 aromatic rings. The Hall–Kier alpha value is -1.11. The number of hydrogen-bond acceptors (Lipinski definition) is 3. The van der Waals surface area contributed by atoms with E-state index in [9.17, 15) is 13.2 Å². The summed E-state index contributed by atoms with van der Waals surface area (Å²) in [6, 6.07) is 1.36. The second-order valence-electron chi connectivity index (χ2n) is 5.58. The minimum atomic E-state index is -4.55. The number of nitrogens with zero attached hydrogens (tertiary/aromatic N) is 2. The standard InChI is InChI=1S/C11H17F3N2OSi/c1-10(2,3)18(4,5)17-8-6-7-15-9(16-8)11(12,13)14/h6-7H,1-5H3. The van der Waals surface area contributed by atoms with Crippen LogP contribution >= 0.6 is 0 Å². The van der Waals surface area contributed by atoms with E-state index in [0.717, 1.165) is 6.20 Å². The summed E-state index contributed by atoms with van der Waals surface area (Å²) in [4.78, 5) is 6.62. The zero-order chi connectivity index (χ0) is 14.2. The van der Waals surface area contributed by atoms with Gasteiger partial charge < -0.3 is 4.43 Å². The molecule has 1 aromatic heterocycles. The van der Waals surface area contributed by atoms with Crippen molar-refractivity contribution in [3.05, 3.63) is 18.1 Å². The quantitative estimate of drug-likeness (QED) is 0.770. The summed E-state index contributed by atoms with van der Waals surface area (Å²) < 4.78 is 43.1. The highest BCUT2D eigenvalue weighted by Crippen LogP contribution is 2.37. The molecule has 0 saturated carbocycles. The van der Waals surface area contributed by atoms with Gasteiger partial charge in [0.2, 0.25) is 11.7 Å². The molecule has 102 valence electrons. The fourth-order valence-electron chi connectivity index (χ4n) is 0.950. The van der Waals surface area contributed by atoms with E-state index in [1.807, 2.05) is 33.9 Å². The molecule has 0 radical (unpaired) electrons. The number of aromatic nitrogens is 2. The van der Waals surface area contributed by atoms with Gasteiger partial charge in [0.25, 0.3) is 8.32 Å². The van der Waals surface area contributed by atoms with Crippen molar-refractivity contribution >= 4 is 8.32 Å². The number of alkyl halides is 3. The van der Waals surface area contributed by atoms with Gasteiger partial charge in [0.05, 0.1) is 0 Å². The normalized spacial score (nSPS) is 13.6. The van der Waals surface area contributed by atoms with Gasteiger partial charge in [-0.2, -0.15) is 18.2 Å². The highest BCUT2D eigenvalue weighted by molar-refractivity contribution is 6.74. The van der Waals surface area contributed by atoms with Gasteiger partial charge in [0.1, 0.15) is 0 Å². The molecule has 0 spiro atoms. The van der Waals surface area contributed by atoms with Crippen molar-refractivity contribution in [1.82, 2.24) is 9.97 Å². The van der Waals surface area contributed by atoms with Gasteiger partial charge in [-0.15, -0.1) is 0 Å². The topological polar surface area (TPSA) is 35.0 Å². The van der Waals surface area contributed by atoms with Gasteiger partial charge >= 0.3 is 6.18 Å². The van der Waals surface area contributed by atoms with E-state index < -0.39 is 20.3 Å². The molecular formula is C11H17F3N2OSi. The second-order valence-corrected chi connectivity index (χ2v) is 10.3. The highest BCUT2D eigenvalue weighted by atomic mass is 28.4. The molecule has 1 rings (SSSR count). The lowest BCUT2D eigenvalue weighted by Crippen LogP contribution is -2.44. The summed E-state index contributed by atoms with van der Waals surface area (Å²) in [5.41, 5.74) is 0. The molecule has 18 heavy (non-hydrogen) atoms. The van der Waals surface area contributed by atoms with E-state index in [0.29, 0.717) is 0 Å². The monoisotopic (exact) mass is 278 g/mol. The van der Waals surface area contributed by atoms with Gasteiger partial charge in [0.15, 0.2) is 0 Å². The maximum absolute atomic E-state index is 12.5. The summed E-state index contributed by atoms with van der Waals surface area (Å²) in [5, 5.41) is -0.101. The lowest BCUT2D eigenvalue weighted by molar-refractivity contribution is -0.145. The van der Waals surface area contributed by atoms with E-state index in [1.54, 1.807) is 0 Å². The average molecular weight is 278 g/mol. The zero-order valence-corrected chi connectivity index (χ0v) is 12.1. The SMILES string of the molecule is CC(C)(C)[Si](C)(C)Oc1ccnc(C(F)(F)F)n1. The van der Waals surface area contributed by atoms with Gasteiger partial charge in [-0.3, -0.25) is 0 Å². The molecule has 7 heteroatoms. The van der Waals surface area contributed by atoms with Crippen molar-refractivity contribution < 1.29 is 17.6 Å². The maximum Gasteiger partial charge on any atom is 0.451 e. The molecule has 1 heterocycles. The first-order valence-electron chi connectivity index (χ1n) is 5.53. The summed E-state index contributed by atoms with van der Waals surface area (Å²) in [6.45, 7) is 9.91. The van der Waals surface area contributed by atoms with Crippen molar-refractivity contribution in [1.29, 1.82) is 0 Å². The number of halogens is 3. The van der Waals surface area contributed by atoms with Gasteiger partial charge in [-0.1, -0.05) is 20.8 Å². The molecule has 3 nitrogen and oxygen atoms in total. The Labute approximate surface area is 106 Å². The molecule has 0 amide bonds. The van der Waals surface area contributed by atoms with E-state index >= 15 is 0 Å². The Balaban J connectivity index is 3.00. The smallest absolute Gasteiger partial charge is 0.451 e. The molecule has 0 bridgehead atoms. The van der Waals surface area contributed by atoms with Gasteiger partial charge in [0, 0.05) is 12.3 Å². The first-order chi connectivity index (χ1) is 7.93. The molecule has 0 aliphatic rings. The summed E-state index contributed by atoms with van der Waals surface area (Å²) in [7, 11) is -2.19. The molecule has 0 fully saturated rings. The van der Waals surface area contributed by atoms with Crippen LogP contribution in [0.4, 0.5) is 13.2 Å². The Morgan fingerprint density at radius 1 is 1.17 bits per heavy atom. The maximum atomic E-state index is 12.5. The molecule has 0 unspecified atom stereocenters. The van der Waals surface area contributed by atoms with Gasteiger partial charge in [-0.25, -0.2) is 4.98 Å². The van der Waals surface area contributed by atoms with Crippen LogP contribution in [0.5, 0.6) is 5.88 Å². The lowest BCUT2D eigenvalue weighted by atomic mass is 10.2. The first kappa shape index (κ1) is 14.9. The minimum absolute atomic E-state index is 0.0103. The van der Waals surface area contributed by atoms with Gasteiger partial charge in [-0.05, 0) is 18.1 Å². The Morgan fingerprint density at radius 3 is 2.17 bits per heavy atom. The van der Waals surface area contributed by atoms with Crippen LogP contribution in [0.3, 0.4) is 0 Å². The van der Waals surface area contributed by atoms with Crippen LogP contribution in [0.25, 0.3) is 0 Å². The summed E-state index contributed by atoms with van der Waals surface area (Å²) in [6.07, 6.45) is -3.48. The number of hydrogen-bond donors (Lipinski definition) is 0. The zero-order valence-electron chi connectivity index (χ0n) is 11.1. The minimum Gasteiger partial charge on any atom is -0.531 e. The highest BCUT2D eigenvalue weighted by Gasteiger charge is 2.40.